The molecular formula is C14H20N2O. The second kappa shape index (κ2) is 4.78. The Morgan fingerprint density at radius 3 is 2.82 bits per heavy atom. The molecule has 1 aliphatic rings. The maximum absolute atomic E-state index is 11.5. The van der Waals surface area contributed by atoms with Crippen LogP contribution in [0.15, 0.2) is 24.3 Å². The standard InChI is InChI=1S/C14H20N2O/c1-4-16-10-9-13(15(3)11(2)17)12-7-5-6-8-14(12)16/h5-8,13H,4,9-10H2,1-3H3. The number of nitrogens with zero attached hydrogens (tertiary/aromatic N) is 2. The Kier molecular flexibility index (Phi) is 3.36. The van der Waals surface area contributed by atoms with E-state index in [1.165, 1.54) is 11.3 Å². The van der Waals surface area contributed by atoms with Gasteiger partial charge in [-0.3, -0.25) is 4.79 Å². The molecule has 3 heteroatoms. The second-order valence-corrected chi connectivity index (χ2v) is 4.57. The van der Waals surface area contributed by atoms with Crippen LogP contribution in [-0.4, -0.2) is 30.9 Å². The molecule has 1 aromatic carbocycles. The van der Waals surface area contributed by atoms with Gasteiger partial charge < -0.3 is 9.80 Å². The first-order chi connectivity index (χ1) is 8.15. The molecule has 1 unspecified atom stereocenters. The Bertz CT molecular complexity index is 416. The second-order valence-electron chi connectivity index (χ2n) is 4.57. The molecule has 0 radical (unpaired) electrons. The van der Waals surface area contributed by atoms with Crippen molar-refractivity contribution in [1.29, 1.82) is 0 Å². The van der Waals surface area contributed by atoms with Gasteiger partial charge in [0.05, 0.1) is 6.04 Å². The summed E-state index contributed by atoms with van der Waals surface area (Å²) < 4.78 is 0. The summed E-state index contributed by atoms with van der Waals surface area (Å²) in [7, 11) is 1.89. The SMILES string of the molecule is CCN1CCC(N(C)C(C)=O)c2ccccc21. The number of hydrogen-bond donors (Lipinski definition) is 0. The van der Waals surface area contributed by atoms with Crippen LogP contribution in [0.5, 0.6) is 0 Å². The van der Waals surface area contributed by atoms with E-state index in [0.29, 0.717) is 0 Å². The minimum Gasteiger partial charge on any atom is -0.371 e. The largest absolute Gasteiger partial charge is 0.371 e. The minimum atomic E-state index is 0.134. The Hall–Kier alpha value is -1.51. The zero-order valence-corrected chi connectivity index (χ0v) is 10.8. The maximum atomic E-state index is 11.5. The van der Waals surface area contributed by atoms with Gasteiger partial charge in [-0.25, -0.2) is 0 Å². The zero-order chi connectivity index (χ0) is 12.4. The number of rotatable bonds is 2. The van der Waals surface area contributed by atoms with E-state index < -0.39 is 0 Å². The molecule has 1 atom stereocenters. The van der Waals surface area contributed by atoms with E-state index in [9.17, 15) is 4.79 Å². The van der Waals surface area contributed by atoms with E-state index in [-0.39, 0.29) is 11.9 Å². The number of carbonyl (C=O) groups excluding carboxylic acids is 1. The predicted octanol–water partition coefficient (Wildman–Crippen LogP) is 2.44. The lowest BCUT2D eigenvalue weighted by Gasteiger charge is -2.38. The van der Waals surface area contributed by atoms with Crippen molar-refractivity contribution in [3.05, 3.63) is 29.8 Å². The van der Waals surface area contributed by atoms with Gasteiger partial charge in [0.15, 0.2) is 0 Å². The number of para-hydroxylation sites is 1. The monoisotopic (exact) mass is 232 g/mol. The highest BCUT2D eigenvalue weighted by Gasteiger charge is 2.27. The third-order valence-electron chi connectivity index (χ3n) is 3.65. The summed E-state index contributed by atoms with van der Waals surface area (Å²) >= 11 is 0. The van der Waals surface area contributed by atoms with Gasteiger partial charge in [0.1, 0.15) is 0 Å². The number of fused-ring (bicyclic) bond motifs is 1. The van der Waals surface area contributed by atoms with Crippen LogP contribution in [0.3, 0.4) is 0 Å². The van der Waals surface area contributed by atoms with E-state index in [2.05, 4.69) is 36.1 Å². The lowest BCUT2D eigenvalue weighted by atomic mass is 9.95. The number of anilines is 1. The maximum Gasteiger partial charge on any atom is 0.219 e. The third-order valence-corrected chi connectivity index (χ3v) is 3.65. The van der Waals surface area contributed by atoms with E-state index in [0.717, 1.165) is 19.5 Å². The molecule has 0 spiro atoms. The van der Waals surface area contributed by atoms with Gasteiger partial charge in [0.2, 0.25) is 5.91 Å². The molecule has 92 valence electrons. The topological polar surface area (TPSA) is 23.6 Å². The normalized spacial score (nSPS) is 18.8. The number of benzene rings is 1. The van der Waals surface area contributed by atoms with Crippen LogP contribution in [0.2, 0.25) is 0 Å². The first kappa shape index (κ1) is 12.0. The van der Waals surface area contributed by atoms with Gasteiger partial charge in [-0.15, -0.1) is 0 Å². The molecule has 1 aliphatic heterocycles. The molecule has 0 aromatic heterocycles. The number of hydrogen-bond acceptors (Lipinski definition) is 2. The van der Waals surface area contributed by atoms with Gasteiger partial charge >= 0.3 is 0 Å². The first-order valence-corrected chi connectivity index (χ1v) is 6.22. The Labute approximate surface area is 103 Å². The molecule has 0 saturated heterocycles. The van der Waals surface area contributed by atoms with Gasteiger partial charge in [-0.05, 0) is 25.0 Å². The number of carbonyl (C=O) groups is 1. The lowest BCUT2D eigenvalue weighted by molar-refractivity contribution is -0.129. The van der Waals surface area contributed by atoms with Gasteiger partial charge in [-0.2, -0.15) is 0 Å². The van der Waals surface area contributed by atoms with Gasteiger partial charge in [0.25, 0.3) is 0 Å². The van der Waals surface area contributed by atoms with Gasteiger partial charge in [-0.1, -0.05) is 18.2 Å². The summed E-state index contributed by atoms with van der Waals surface area (Å²) in [5, 5.41) is 0. The molecule has 1 amide bonds. The summed E-state index contributed by atoms with van der Waals surface area (Å²) in [4.78, 5) is 15.7. The van der Waals surface area contributed by atoms with E-state index in [1.807, 2.05) is 11.9 Å². The highest BCUT2D eigenvalue weighted by atomic mass is 16.2. The smallest absolute Gasteiger partial charge is 0.219 e. The fourth-order valence-corrected chi connectivity index (χ4v) is 2.56. The van der Waals surface area contributed by atoms with Crippen molar-refractivity contribution < 1.29 is 4.79 Å². The highest BCUT2D eigenvalue weighted by molar-refractivity contribution is 5.74. The van der Waals surface area contributed by atoms with Crippen molar-refractivity contribution in [3.63, 3.8) is 0 Å². The average Bonchev–Trinajstić information content (AvgIpc) is 2.36. The molecule has 0 saturated carbocycles. The summed E-state index contributed by atoms with van der Waals surface area (Å²) in [6, 6.07) is 8.64. The molecule has 3 nitrogen and oxygen atoms in total. The van der Waals surface area contributed by atoms with Crippen LogP contribution >= 0.6 is 0 Å². The Morgan fingerprint density at radius 1 is 1.47 bits per heavy atom. The van der Waals surface area contributed by atoms with Crippen LogP contribution in [0, 0.1) is 0 Å². The van der Waals surface area contributed by atoms with Gasteiger partial charge in [0, 0.05) is 32.7 Å². The van der Waals surface area contributed by atoms with Crippen LogP contribution in [0.1, 0.15) is 31.9 Å². The fourth-order valence-electron chi connectivity index (χ4n) is 2.56. The quantitative estimate of drug-likeness (QED) is 0.782. The molecule has 0 aliphatic carbocycles. The third kappa shape index (κ3) is 2.14. The highest BCUT2D eigenvalue weighted by Crippen LogP contribution is 2.36. The summed E-state index contributed by atoms with van der Waals surface area (Å²) in [5.41, 5.74) is 2.55. The van der Waals surface area contributed by atoms with E-state index in [1.54, 1.807) is 6.92 Å². The van der Waals surface area contributed by atoms with Crippen molar-refractivity contribution in [2.45, 2.75) is 26.3 Å². The van der Waals surface area contributed by atoms with Crippen molar-refractivity contribution in [3.8, 4) is 0 Å². The van der Waals surface area contributed by atoms with Crippen LogP contribution < -0.4 is 4.90 Å². The molecule has 0 bridgehead atoms. The van der Waals surface area contributed by atoms with E-state index in [4.69, 9.17) is 0 Å². The van der Waals surface area contributed by atoms with Crippen LogP contribution in [-0.2, 0) is 4.79 Å². The lowest BCUT2D eigenvalue weighted by Crippen LogP contribution is -2.38. The van der Waals surface area contributed by atoms with Crippen molar-refractivity contribution in [2.75, 3.05) is 25.0 Å². The molecule has 1 heterocycles. The first-order valence-electron chi connectivity index (χ1n) is 6.22. The molecule has 2 rings (SSSR count). The van der Waals surface area contributed by atoms with Crippen molar-refractivity contribution in [2.24, 2.45) is 0 Å². The van der Waals surface area contributed by atoms with Crippen molar-refractivity contribution >= 4 is 11.6 Å². The van der Waals surface area contributed by atoms with E-state index >= 15 is 0 Å². The molecule has 17 heavy (non-hydrogen) atoms. The molecule has 0 N–H and O–H groups in total. The minimum absolute atomic E-state index is 0.134. The van der Waals surface area contributed by atoms with Crippen molar-refractivity contribution in [1.82, 2.24) is 4.90 Å². The molecular weight excluding hydrogens is 212 g/mol. The Morgan fingerprint density at radius 2 is 2.18 bits per heavy atom. The summed E-state index contributed by atoms with van der Waals surface area (Å²) in [5.74, 6) is 0.134. The average molecular weight is 232 g/mol. The predicted molar refractivity (Wildman–Crippen MR) is 70.1 cm³/mol. The zero-order valence-electron chi connectivity index (χ0n) is 10.8. The van der Waals surface area contributed by atoms with Crippen LogP contribution in [0.25, 0.3) is 0 Å². The fraction of sp³-hybridized carbons (Fsp3) is 0.500. The summed E-state index contributed by atoms with van der Waals surface area (Å²) in [6.07, 6.45) is 1.01. The number of amides is 1. The Balaban J connectivity index is 2.37. The molecule has 1 aromatic rings. The summed E-state index contributed by atoms with van der Waals surface area (Å²) in [6.45, 7) is 5.85. The molecule has 0 fully saturated rings. The van der Waals surface area contributed by atoms with Crippen LogP contribution in [0.4, 0.5) is 5.69 Å².